The van der Waals surface area contributed by atoms with Gasteiger partial charge in [-0.2, -0.15) is 5.26 Å². The molecule has 0 aliphatic carbocycles. The third-order valence-electron chi connectivity index (χ3n) is 3.13. The normalized spacial score (nSPS) is 10.3. The second-order valence-electron chi connectivity index (χ2n) is 4.80. The van der Waals surface area contributed by atoms with Crippen LogP contribution in [0.5, 0.6) is 0 Å². The number of carbonyl (C=O) groups excluding carboxylic acids is 1. The zero-order chi connectivity index (χ0) is 15.2. The molecular weight excluding hydrogens is 282 g/mol. The van der Waals surface area contributed by atoms with Gasteiger partial charge < -0.3 is 5.32 Å². The number of amides is 1. The Hall–Kier alpha value is -2.06. The van der Waals surface area contributed by atoms with E-state index in [-0.39, 0.29) is 5.91 Å². The maximum absolute atomic E-state index is 11.6. The number of nitriles is 1. The molecule has 0 radical (unpaired) electrons. The lowest BCUT2D eigenvalue weighted by Gasteiger charge is -2.08. The third-order valence-corrected chi connectivity index (χ3v) is 4.05. The molecule has 5 heteroatoms. The van der Waals surface area contributed by atoms with Crippen molar-refractivity contribution in [3.05, 3.63) is 35.4 Å². The lowest BCUT2D eigenvalue weighted by molar-refractivity contribution is -0.118. The zero-order valence-electron chi connectivity index (χ0n) is 12.1. The first-order valence-corrected chi connectivity index (χ1v) is 7.74. The van der Waals surface area contributed by atoms with Crippen molar-refractivity contribution in [1.82, 2.24) is 10.3 Å². The molecule has 2 rings (SSSR count). The average Bonchev–Trinajstić information content (AvgIpc) is 2.46. The lowest BCUT2D eigenvalue weighted by atomic mass is 10.1. The minimum Gasteiger partial charge on any atom is -0.354 e. The van der Waals surface area contributed by atoms with Gasteiger partial charge in [0.2, 0.25) is 5.91 Å². The van der Waals surface area contributed by atoms with Gasteiger partial charge in [0.15, 0.2) is 0 Å². The molecule has 0 saturated carbocycles. The fourth-order valence-corrected chi connectivity index (χ4v) is 2.85. The molecule has 1 heterocycles. The number of nitrogens with zero attached hydrogens (tertiary/aromatic N) is 2. The summed E-state index contributed by atoms with van der Waals surface area (Å²) in [5.74, 6) is 0.245. The highest BCUT2D eigenvalue weighted by atomic mass is 32.2. The van der Waals surface area contributed by atoms with Crippen molar-refractivity contribution in [3.63, 3.8) is 0 Å². The van der Waals surface area contributed by atoms with Gasteiger partial charge in [-0.05, 0) is 31.0 Å². The highest BCUT2D eigenvalue weighted by molar-refractivity contribution is 7.99. The number of thioether (sulfide) groups is 1. The maximum Gasteiger partial charge on any atom is 0.230 e. The number of benzene rings is 1. The van der Waals surface area contributed by atoms with Crippen LogP contribution in [0.4, 0.5) is 0 Å². The van der Waals surface area contributed by atoms with Gasteiger partial charge in [0, 0.05) is 11.9 Å². The summed E-state index contributed by atoms with van der Waals surface area (Å²) in [6.45, 7) is 4.50. The van der Waals surface area contributed by atoms with E-state index in [4.69, 9.17) is 5.26 Å². The van der Waals surface area contributed by atoms with Crippen molar-refractivity contribution >= 4 is 28.6 Å². The largest absolute Gasteiger partial charge is 0.354 e. The summed E-state index contributed by atoms with van der Waals surface area (Å²) in [7, 11) is 0. The Morgan fingerprint density at radius 3 is 2.95 bits per heavy atom. The van der Waals surface area contributed by atoms with Gasteiger partial charge in [0.1, 0.15) is 0 Å². The van der Waals surface area contributed by atoms with E-state index in [0.29, 0.717) is 18.7 Å². The van der Waals surface area contributed by atoms with E-state index in [0.717, 1.165) is 27.1 Å². The monoisotopic (exact) mass is 299 g/mol. The van der Waals surface area contributed by atoms with Gasteiger partial charge in [-0.3, -0.25) is 4.79 Å². The molecular formula is C16H17N3OS. The third kappa shape index (κ3) is 3.96. The Morgan fingerprint density at radius 1 is 1.38 bits per heavy atom. The predicted octanol–water partition coefficient (Wildman–Crippen LogP) is 2.97. The molecule has 1 amide bonds. The van der Waals surface area contributed by atoms with E-state index in [1.807, 2.05) is 31.2 Å². The van der Waals surface area contributed by atoms with Crippen LogP contribution in [-0.4, -0.2) is 23.2 Å². The summed E-state index contributed by atoms with van der Waals surface area (Å²) in [4.78, 5) is 16.3. The number of rotatable bonds is 5. The Labute approximate surface area is 128 Å². The van der Waals surface area contributed by atoms with Crippen LogP contribution in [-0.2, 0) is 4.79 Å². The number of para-hydroxylation sites is 1. The summed E-state index contributed by atoms with van der Waals surface area (Å²) in [6, 6.07) is 10.1. The molecule has 4 nitrogen and oxygen atoms in total. The van der Waals surface area contributed by atoms with Crippen LogP contribution in [0.25, 0.3) is 10.9 Å². The van der Waals surface area contributed by atoms with E-state index in [2.05, 4.69) is 23.3 Å². The number of fused-ring (bicyclic) bond motifs is 1. The molecule has 108 valence electrons. The number of pyridine rings is 1. The topological polar surface area (TPSA) is 65.8 Å². The van der Waals surface area contributed by atoms with Gasteiger partial charge in [0.25, 0.3) is 0 Å². The quantitative estimate of drug-likeness (QED) is 0.681. The first kappa shape index (κ1) is 15.3. The Kier molecular flexibility index (Phi) is 5.18. The van der Waals surface area contributed by atoms with Crippen molar-refractivity contribution in [2.45, 2.75) is 25.3 Å². The Bertz CT molecular complexity index is 706. The first-order valence-electron chi connectivity index (χ1n) is 6.75. The van der Waals surface area contributed by atoms with Gasteiger partial charge in [0.05, 0.1) is 28.8 Å². The SMILES string of the molecule is Cc1cc(SCC(=O)NCCC#N)nc2c(C)cccc12. The van der Waals surface area contributed by atoms with E-state index < -0.39 is 0 Å². The molecule has 0 aliphatic heterocycles. The molecule has 0 atom stereocenters. The van der Waals surface area contributed by atoms with Crippen LogP contribution < -0.4 is 5.32 Å². The first-order chi connectivity index (χ1) is 10.1. The van der Waals surface area contributed by atoms with Crippen LogP contribution >= 0.6 is 11.8 Å². The van der Waals surface area contributed by atoms with Crippen LogP contribution in [0, 0.1) is 25.2 Å². The molecule has 1 N–H and O–H groups in total. The lowest BCUT2D eigenvalue weighted by Crippen LogP contribution is -2.25. The van der Waals surface area contributed by atoms with Crippen LogP contribution in [0.1, 0.15) is 17.5 Å². The summed E-state index contributed by atoms with van der Waals surface area (Å²) < 4.78 is 0. The Morgan fingerprint density at radius 2 is 2.19 bits per heavy atom. The number of hydrogen-bond donors (Lipinski definition) is 1. The van der Waals surface area contributed by atoms with E-state index >= 15 is 0 Å². The zero-order valence-corrected chi connectivity index (χ0v) is 13.0. The molecule has 1 aromatic carbocycles. The second kappa shape index (κ2) is 7.09. The van der Waals surface area contributed by atoms with Gasteiger partial charge in [-0.15, -0.1) is 0 Å². The molecule has 0 spiro atoms. The summed E-state index contributed by atoms with van der Waals surface area (Å²) in [5, 5.41) is 13.1. The fraction of sp³-hybridized carbons (Fsp3) is 0.312. The van der Waals surface area contributed by atoms with Crippen LogP contribution in [0.2, 0.25) is 0 Å². The summed E-state index contributed by atoms with van der Waals surface area (Å²) in [5.41, 5.74) is 3.29. The molecule has 0 aliphatic rings. The highest BCUT2D eigenvalue weighted by Crippen LogP contribution is 2.25. The molecule has 0 unspecified atom stereocenters. The Balaban J connectivity index is 2.08. The highest BCUT2D eigenvalue weighted by Gasteiger charge is 2.07. The van der Waals surface area contributed by atoms with Gasteiger partial charge >= 0.3 is 0 Å². The van der Waals surface area contributed by atoms with E-state index in [1.54, 1.807) is 0 Å². The van der Waals surface area contributed by atoms with Crippen molar-refractivity contribution in [2.75, 3.05) is 12.3 Å². The van der Waals surface area contributed by atoms with Crippen molar-refractivity contribution in [1.29, 1.82) is 5.26 Å². The predicted molar refractivity (Wildman–Crippen MR) is 85.2 cm³/mol. The number of aryl methyl sites for hydroxylation is 2. The number of aromatic nitrogens is 1. The number of hydrogen-bond acceptors (Lipinski definition) is 4. The van der Waals surface area contributed by atoms with Gasteiger partial charge in [-0.1, -0.05) is 30.0 Å². The van der Waals surface area contributed by atoms with E-state index in [1.165, 1.54) is 11.8 Å². The second-order valence-corrected chi connectivity index (χ2v) is 5.79. The molecule has 0 saturated heterocycles. The minimum absolute atomic E-state index is 0.0698. The number of carbonyl (C=O) groups is 1. The van der Waals surface area contributed by atoms with Crippen molar-refractivity contribution in [3.8, 4) is 6.07 Å². The summed E-state index contributed by atoms with van der Waals surface area (Å²) in [6.07, 6.45) is 0.336. The van der Waals surface area contributed by atoms with Crippen LogP contribution in [0.15, 0.2) is 29.3 Å². The van der Waals surface area contributed by atoms with Crippen molar-refractivity contribution in [2.24, 2.45) is 0 Å². The standard InChI is InChI=1S/C16H17N3OS/c1-11-5-3-6-13-12(2)9-15(19-16(11)13)21-10-14(20)18-8-4-7-17/h3,5-6,9H,4,8,10H2,1-2H3,(H,18,20). The molecule has 21 heavy (non-hydrogen) atoms. The molecule has 0 fully saturated rings. The average molecular weight is 299 g/mol. The number of nitrogens with one attached hydrogen (secondary N) is 1. The molecule has 0 bridgehead atoms. The van der Waals surface area contributed by atoms with Gasteiger partial charge in [-0.25, -0.2) is 4.98 Å². The maximum atomic E-state index is 11.6. The smallest absolute Gasteiger partial charge is 0.230 e. The molecule has 1 aromatic heterocycles. The summed E-state index contributed by atoms with van der Waals surface area (Å²) >= 11 is 1.42. The van der Waals surface area contributed by atoms with Crippen molar-refractivity contribution < 1.29 is 4.79 Å². The molecule has 2 aromatic rings. The van der Waals surface area contributed by atoms with E-state index in [9.17, 15) is 4.79 Å². The van der Waals surface area contributed by atoms with Crippen LogP contribution in [0.3, 0.4) is 0 Å². The minimum atomic E-state index is -0.0698. The fourth-order valence-electron chi connectivity index (χ4n) is 2.05.